The monoisotopic (exact) mass is 308 g/mol. The number of fused-ring (bicyclic) bond motifs is 1. The minimum absolute atomic E-state index is 0.167. The molecule has 21 heavy (non-hydrogen) atoms. The number of hydrogen-bond acceptors (Lipinski definition) is 3. The Morgan fingerprint density at radius 3 is 2.62 bits per heavy atom. The molecule has 0 bridgehead atoms. The highest BCUT2D eigenvalue weighted by Crippen LogP contribution is 2.29. The Morgan fingerprint density at radius 2 is 1.86 bits per heavy atom. The molecular weight excluding hydrogens is 288 g/mol. The van der Waals surface area contributed by atoms with Crippen LogP contribution in [0.15, 0.2) is 18.2 Å². The lowest BCUT2D eigenvalue weighted by Crippen LogP contribution is -2.42. The number of carbonyl (C=O) groups is 1. The van der Waals surface area contributed by atoms with Crippen molar-refractivity contribution < 1.29 is 9.90 Å². The van der Waals surface area contributed by atoms with Gasteiger partial charge in [0.15, 0.2) is 0 Å². The maximum atomic E-state index is 11.6. The van der Waals surface area contributed by atoms with Crippen LogP contribution < -0.4 is 4.90 Å². The summed E-state index contributed by atoms with van der Waals surface area (Å²) in [5, 5.41) is 11.1. The molecule has 0 spiro atoms. The van der Waals surface area contributed by atoms with Crippen LogP contribution in [0.25, 0.3) is 0 Å². The van der Waals surface area contributed by atoms with Crippen LogP contribution >= 0.6 is 11.6 Å². The third-order valence-electron chi connectivity index (χ3n) is 4.29. The summed E-state index contributed by atoms with van der Waals surface area (Å²) in [6, 6.07) is 5.94. The third-order valence-corrected chi connectivity index (χ3v) is 4.53. The van der Waals surface area contributed by atoms with Gasteiger partial charge in [-0.05, 0) is 43.0 Å². The molecule has 2 aliphatic rings. The maximum absolute atomic E-state index is 11.6. The maximum Gasteiger partial charge on any atom is 0.222 e. The molecule has 0 saturated carbocycles. The smallest absolute Gasteiger partial charge is 0.222 e. The Labute approximate surface area is 130 Å². The van der Waals surface area contributed by atoms with Gasteiger partial charge in [0, 0.05) is 43.3 Å². The number of amides is 1. The van der Waals surface area contributed by atoms with E-state index in [1.165, 1.54) is 5.56 Å². The van der Waals surface area contributed by atoms with Crippen molar-refractivity contribution in [2.24, 2.45) is 0 Å². The molecule has 1 saturated heterocycles. The molecule has 1 amide bonds. The van der Waals surface area contributed by atoms with Crippen molar-refractivity contribution in [3.8, 4) is 0 Å². The van der Waals surface area contributed by atoms with Gasteiger partial charge in [-0.15, -0.1) is 0 Å². The Balaban J connectivity index is 1.64. The summed E-state index contributed by atoms with van der Waals surface area (Å²) in [6.45, 7) is 2.73. The predicted octanol–water partition coefficient (Wildman–Crippen LogP) is 2.08. The summed E-state index contributed by atoms with van der Waals surface area (Å²) in [5.74, 6) is 0.167. The van der Waals surface area contributed by atoms with Crippen molar-refractivity contribution in [3.63, 3.8) is 0 Å². The SMILES string of the molecule is O=C1CCCN1CC(O)CN1CCCc2cc(Cl)ccc21. The van der Waals surface area contributed by atoms with E-state index in [1.54, 1.807) is 4.90 Å². The number of carbonyl (C=O) groups excluding carboxylic acids is 1. The van der Waals surface area contributed by atoms with Crippen molar-refractivity contribution in [1.29, 1.82) is 0 Å². The number of hydrogen-bond donors (Lipinski definition) is 1. The standard InChI is InChI=1S/C16H21ClN2O2/c17-13-5-6-15-12(9-13)3-1-7-18(15)10-14(20)11-19-8-2-4-16(19)21/h5-6,9,14,20H,1-4,7-8,10-11H2. The van der Waals surface area contributed by atoms with Crippen molar-refractivity contribution >= 4 is 23.2 Å². The molecule has 1 atom stereocenters. The molecule has 4 nitrogen and oxygen atoms in total. The number of anilines is 1. The van der Waals surface area contributed by atoms with E-state index in [0.29, 0.717) is 19.5 Å². The molecule has 1 aromatic carbocycles. The van der Waals surface area contributed by atoms with Crippen LogP contribution in [0.2, 0.25) is 5.02 Å². The molecule has 0 aromatic heterocycles. The highest BCUT2D eigenvalue weighted by Gasteiger charge is 2.25. The van der Waals surface area contributed by atoms with Crippen molar-refractivity contribution in [2.45, 2.75) is 31.8 Å². The predicted molar refractivity (Wildman–Crippen MR) is 83.8 cm³/mol. The van der Waals surface area contributed by atoms with Crippen LogP contribution in [-0.2, 0) is 11.2 Å². The minimum atomic E-state index is -0.506. The van der Waals surface area contributed by atoms with Gasteiger partial charge in [0.1, 0.15) is 0 Å². The van der Waals surface area contributed by atoms with Gasteiger partial charge in [0.25, 0.3) is 0 Å². The van der Waals surface area contributed by atoms with E-state index in [1.807, 2.05) is 18.2 Å². The molecule has 5 heteroatoms. The molecule has 2 heterocycles. The topological polar surface area (TPSA) is 43.8 Å². The van der Waals surface area contributed by atoms with Gasteiger partial charge in [0.2, 0.25) is 5.91 Å². The number of benzene rings is 1. The number of likely N-dealkylation sites (tertiary alicyclic amines) is 1. The number of halogens is 1. The normalized spacial score (nSPS) is 19.8. The fourth-order valence-corrected chi connectivity index (χ4v) is 3.49. The molecule has 1 N–H and O–H groups in total. The van der Waals surface area contributed by atoms with Crippen molar-refractivity contribution in [1.82, 2.24) is 4.90 Å². The summed E-state index contributed by atoms with van der Waals surface area (Å²) in [6.07, 6.45) is 3.14. The molecule has 1 unspecified atom stereocenters. The van der Waals surface area contributed by atoms with Crippen molar-refractivity contribution in [2.75, 3.05) is 31.1 Å². The Morgan fingerprint density at radius 1 is 1.14 bits per heavy atom. The number of rotatable bonds is 4. The lowest BCUT2D eigenvalue weighted by molar-refractivity contribution is -0.128. The second kappa shape index (κ2) is 6.24. The van der Waals surface area contributed by atoms with Crippen LogP contribution in [0.1, 0.15) is 24.8 Å². The average Bonchev–Trinajstić information content (AvgIpc) is 2.84. The third kappa shape index (κ3) is 3.33. The second-order valence-corrected chi connectivity index (χ2v) is 6.36. The van der Waals surface area contributed by atoms with Crippen LogP contribution in [0.3, 0.4) is 0 Å². The highest BCUT2D eigenvalue weighted by molar-refractivity contribution is 6.30. The number of β-amino-alcohol motifs (C(OH)–C–C–N with tert-alkyl or cyclic N) is 1. The van der Waals surface area contributed by atoms with E-state index in [2.05, 4.69) is 4.90 Å². The summed E-state index contributed by atoms with van der Waals surface area (Å²) in [7, 11) is 0. The highest BCUT2D eigenvalue weighted by atomic mass is 35.5. The summed E-state index contributed by atoms with van der Waals surface area (Å²) < 4.78 is 0. The van der Waals surface area contributed by atoms with Gasteiger partial charge in [-0.3, -0.25) is 4.79 Å². The Hall–Kier alpha value is -1.26. The van der Waals surface area contributed by atoms with Gasteiger partial charge >= 0.3 is 0 Å². The first-order valence-electron chi connectivity index (χ1n) is 7.63. The number of aliphatic hydroxyl groups is 1. The first kappa shape index (κ1) is 14.7. The van der Waals surface area contributed by atoms with Gasteiger partial charge in [-0.1, -0.05) is 11.6 Å². The van der Waals surface area contributed by atoms with Crippen LogP contribution in [0, 0.1) is 0 Å². The van der Waals surface area contributed by atoms with E-state index in [9.17, 15) is 9.90 Å². The average molecular weight is 309 g/mol. The largest absolute Gasteiger partial charge is 0.389 e. The lowest BCUT2D eigenvalue weighted by atomic mass is 10.0. The zero-order chi connectivity index (χ0) is 14.8. The molecule has 114 valence electrons. The first-order chi connectivity index (χ1) is 10.1. The van der Waals surface area contributed by atoms with Gasteiger partial charge in [0.05, 0.1) is 6.10 Å². The molecule has 2 aliphatic heterocycles. The van der Waals surface area contributed by atoms with E-state index < -0.39 is 6.10 Å². The zero-order valence-electron chi connectivity index (χ0n) is 12.1. The van der Waals surface area contributed by atoms with Gasteiger partial charge in [-0.2, -0.15) is 0 Å². The molecule has 3 rings (SSSR count). The van der Waals surface area contributed by atoms with E-state index >= 15 is 0 Å². The second-order valence-electron chi connectivity index (χ2n) is 5.92. The summed E-state index contributed by atoms with van der Waals surface area (Å²) in [4.78, 5) is 15.6. The van der Waals surface area contributed by atoms with Crippen LogP contribution in [0.5, 0.6) is 0 Å². The van der Waals surface area contributed by atoms with E-state index in [0.717, 1.165) is 43.1 Å². The molecule has 0 radical (unpaired) electrons. The molecule has 1 aromatic rings. The van der Waals surface area contributed by atoms with E-state index in [4.69, 9.17) is 11.6 Å². The summed E-state index contributed by atoms with van der Waals surface area (Å²) in [5.41, 5.74) is 2.41. The van der Waals surface area contributed by atoms with Gasteiger partial charge < -0.3 is 14.9 Å². The Bertz CT molecular complexity index is 535. The fourth-order valence-electron chi connectivity index (χ4n) is 3.30. The quantitative estimate of drug-likeness (QED) is 0.926. The van der Waals surface area contributed by atoms with Crippen LogP contribution in [0.4, 0.5) is 5.69 Å². The fraction of sp³-hybridized carbons (Fsp3) is 0.562. The first-order valence-corrected chi connectivity index (χ1v) is 8.00. The zero-order valence-corrected chi connectivity index (χ0v) is 12.9. The number of aliphatic hydroxyl groups excluding tert-OH is 1. The van der Waals surface area contributed by atoms with Crippen LogP contribution in [-0.4, -0.2) is 48.2 Å². The molecule has 1 fully saturated rings. The minimum Gasteiger partial charge on any atom is -0.389 e. The molecule has 0 aliphatic carbocycles. The molecular formula is C16H21ClN2O2. The van der Waals surface area contributed by atoms with Crippen molar-refractivity contribution in [3.05, 3.63) is 28.8 Å². The lowest BCUT2D eigenvalue weighted by Gasteiger charge is -2.33. The van der Waals surface area contributed by atoms with Gasteiger partial charge in [-0.25, -0.2) is 0 Å². The number of aryl methyl sites for hydroxylation is 1. The van der Waals surface area contributed by atoms with E-state index in [-0.39, 0.29) is 5.91 Å². The Kier molecular flexibility index (Phi) is 4.36. The summed E-state index contributed by atoms with van der Waals surface area (Å²) >= 11 is 6.05. The number of nitrogens with zero attached hydrogens (tertiary/aromatic N) is 2.